The lowest BCUT2D eigenvalue weighted by Gasteiger charge is -2.08. The van der Waals surface area contributed by atoms with Crippen LogP contribution in [0.2, 0.25) is 0 Å². The Kier molecular flexibility index (Phi) is 6.44. The standard InChI is InChI=1S/C15H23NO2/c1-12(2)10-15(17)18-9-8-16-11-14-6-4-13(3)5-7-14/h4-7,12,16H,8-11H2,1-3H3. The first-order valence-electron chi connectivity index (χ1n) is 6.50. The Bertz CT molecular complexity index is 357. The molecule has 0 saturated carbocycles. The van der Waals surface area contributed by atoms with Crippen molar-refractivity contribution in [2.75, 3.05) is 13.2 Å². The van der Waals surface area contributed by atoms with Gasteiger partial charge in [-0.05, 0) is 18.4 Å². The fourth-order valence-electron chi connectivity index (χ4n) is 1.57. The molecule has 18 heavy (non-hydrogen) atoms. The maximum absolute atomic E-state index is 11.3. The molecule has 1 N–H and O–H groups in total. The van der Waals surface area contributed by atoms with Crippen molar-refractivity contribution in [1.29, 1.82) is 0 Å². The van der Waals surface area contributed by atoms with Crippen molar-refractivity contribution in [2.45, 2.75) is 33.7 Å². The lowest BCUT2D eigenvalue weighted by atomic mass is 10.1. The Morgan fingerprint density at radius 2 is 1.94 bits per heavy atom. The molecule has 0 bridgehead atoms. The van der Waals surface area contributed by atoms with E-state index >= 15 is 0 Å². The monoisotopic (exact) mass is 249 g/mol. The van der Waals surface area contributed by atoms with Crippen molar-refractivity contribution >= 4 is 5.97 Å². The van der Waals surface area contributed by atoms with Crippen molar-refractivity contribution in [3.8, 4) is 0 Å². The summed E-state index contributed by atoms with van der Waals surface area (Å²) < 4.78 is 5.11. The van der Waals surface area contributed by atoms with Gasteiger partial charge in [0.15, 0.2) is 0 Å². The summed E-state index contributed by atoms with van der Waals surface area (Å²) in [7, 11) is 0. The van der Waals surface area contributed by atoms with E-state index in [9.17, 15) is 4.79 Å². The van der Waals surface area contributed by atoms with E-state index in [4.69, 9.17) is 4.74 Å². The van der Waals surface area contributed by atoms with Crippen molar-refractivity contribution in [2.24, 2.45) is 5.92 Å². The molecular weight excluding hydrogens is 226 g/mol. The second kappa shape index (κ2) is 7.88. The number of nitrogens with one attached hydrogen (secondary N) is 1. The van der Waals surface area contributed by atoms with Crippen LogP contribution >= 0.6 is 0 Å². The van der Waals surface area contributed by atoms with Crippen LogP contribution in [0.5, 0.6) is 0 Å². The Balaban J connectivity index is 2.08. The first-order valence-corrected chi connectivity index (χ1v) is 6.50. The molecule has 0 spiro atoms. The fraction of sp³-hybridized carbons (Fsp3) is 0.533. The number of hydrogen-bond donors (Lipinski definition) is 1. The van der Waals surface area contributed by atoms with Crippen LogP contribution in [0.15, 0.2) is 24.3 Å². The highest BCUT2D eigenvalue weighted by molar-refractivity contribution is 5.69. The summed E-state index contributed by atoms with van der Waals surface area (Å²) in [6, 6.07) is 8.40. The molecule has 0 aromatic heterocycles. The third kappa shape index (κ3) is 6.40. The number of hydrogen-bond acceptors (Lipinski definition) is 3. The normalized spacial score (nSPS) is 10.7. The maximum Gasteiger partial charge on any atom is 0.306 e. The summed E-state index contributed by atoms with van der Waals surface area (Å²) >= 11 is 0. The second-order valence-electron chi connectivity index (χ2n) is 4.98. The predicted molar refractivity (Wildman–Crippen MR) is 73.3 cm³/mol. The molecule has 0 saturated heterocycles. The quantitative estimate of drug-likeness (QED) is 0.596. The molecule has 0 amide bonds. The summed E-state index contributed by atoms with van der Waals surface area (Å²) in [5, 5.41) is 3.25. The molecule has 0 unspecified atom stereocenters. The first kappa shape index (κ1) is 14.7. The zero-order chi connectivity index (χ0) is 13.4. The molecular formula is C15H23NO2. The van der Waals surface area contributed by atoms with Gasteiger partial charge in [0.25, 0.3) is 0 Å². The van der Waals surface area contributed by atoms with Crippen LogP contribution in [0.3, 0.4) is 0 Å². The topological polar surface area (TPSA) is 38.3 Å². The van der Waals surface area contributed by atoms with Gasteiger partial charge in [-0.2, -0.15) is 0 Å². The van der Waals surface area contributed by atoms with Gasteiger partial charge < -0.3 is 10.1 Å². The minimum absolute atomic E-state index is 0.109. The van der Waals surface area contributed by atoms with E-state index in [2.05, 4.69) is 36.5 Å². The SMILES string of the molecule is Cc1ccc(CNCCOC(=O)CC(C)C)cc1. The molecule has 1 rings (SSSR count). The second-order valence-corrected chi connectivity index (χ2v) is 4.98. The number of carbonyl (C=O) groups excluding carboxylic acids is 1. The van der Waals surface area contributed by atoms with Crippen LogP contribution in [0.4, 0.5) is 0 Å². The Labute approximate surface area is 110 Å². The molecule has 0 fully saturated rings. The molecule has 0 aliphatic heterocycles. The molecule has 3 heteroatoms. The van der Waals surface area contributed by atoms with Crippen molar-refractivity contribution in [3.05, 3.63) is 35.4 Å². The zero-order valence-electron chi connectivity index (χ0n) is 11.5. The van der Waals surface area contributed by atoms with Crippen LogP contribution in [-0.4, -0.2) is 19.1 Å². The van der Waals surface area contributed by atoms with Crippen LogP contribution in [0.25, 0.3) is 0 Å². The lowest BCUT2D eigenvalue weighted by molar-refractivity contribution is -0.144. The number of benzene rings is 1. The van der Waals surface area contributed by atoms with Gasteiger partial charge >= 0.3 is 5.97 Å². The van der Waals surface area contributed by atoms with Gasteiger partial charge in [-0.25, -0.2) is 0 Å². The molecule has 0 aliphatic rings. The largest absolute Gasteiger partial charge is 0.464 e. The van der Waals surface area contributed by atoms with Gasteiger partial charge in [0.1, 0.15) is 6.61 Å². The number of carbonyl (C=O) groups is 1. The van der Waals surface area contributed by atoms with E-state index in [0.29, 0.717) is 25.5 Å². The third-order valence-corrected chi connectivity index (χ3v) is 2.57. The van der Waals surface area contributed by atoms with Crippen LogP contribution in [0, 0.1) is 12.8 Å². The van der Waals surface area contributed by atoms with E-state index < -0.39 is 0 Å². The summed E-state index contributed by atoms with van der Waals surface area (Å²) in [6.07, 6.45) is 0.498. The van der Waals surface area contributed by atoms with Crippen molar-refractivity contribution < 1.29 is 9.53 Å². The van der Waals surface area contributed by atoms with E-state index in [1.807, 2.05) is 13.8 Å². The van der Waals surface area contributed by atoms with Crippen LogP contribution < -0.4 is 5.32 Å². The molecule has 100 valence electrons. The van der Waals surface area contributed by atoms with Gasteiger partial charge in [-0.15, -0.1) is 0 Å². The smallest absolute Gasteiger partial charge is 0.306 e. The minimum Gasteiger partial charge on any atom is -0.464 e. The molecule has 0 radical (unpaired) electrons. The fourth-order valence-corrected chi connectivity index (χ4v) is 1.57. The van der Waals surface area contributed by atoms with Gasteiger partial charge in [0.05, 0.1) is 0 Å². The van der Waals surface area contributed by atoms with E-state index in [1.54, 1.807) is 0 Å². The average Bonchev–Trinajstić information content (AvgIpc) is 2.30. The number of ether oxygens (including phenoxy) is 1. The summed E-state index contributed by atoms with van der Waals surface area (Å²) in [4.78, 5) is 11.3. The summed E-state index contributed by atoms with van der Waals surface area (Å²) in [5.74, 6) is 0.250. The highest BCUT2D eigenvalue weighted by Gasteiger charge is 2.04. The Morgan fingerprint density at radius 3 is 2.56 bits per heavy atom. The zero-order valence-corrected chi connectivity index (χ0v) is 11.5. The molecule has 0 heterocycles. The molecule has 0 aliphatic carbocycles. The van der Waals surface area contributed by atoms with E-state index in [0.717, 1.165) is 6.54 Å². The van der Waals surface area contributed by atoms with Crippen LogP contribution in [0.1, 0.15) is 31.4 Å². The Hall–Kier alpha value is -1.35. The summed E-state index contributed by atoms with van der Waals surface area (Å²) in [6.45, 7) is 8.04. The lowest BCUT2D eigenvalue weighted by Crippen LogP contribution is -2.21. The Morgan fingerprint density at radius 1 is 1.28 bits per heavy atom. The molecule has 0 atom stereocenters. The number of rotatable bonds is 7. The average molecular weight is 249 g/mol. The highest BCUT2D eigenvalue weighted by atomic mass is 16.5. The molecule has 1 aromatic carbocycles. The predicted octanol–water partition coefficient (Wildman–Crippen LogP) is 2.67. The van der Waals surface area contributed by atoms with E-state index in [1.165, 1.54) is 11.1 Å². The molecule has 3 nitrogen and oxygen atoms in total. The number of aryl methyl sites for hydroxylation is 1. The van der Waals surface area contributed by atoms with Crippen LogP contribution in [-0.2, 0) is 16.1 Å². The van der Waals surface area contributed by atoms with Gasteiger partial charge in [0.2, 0.25) is 0 Å². The van der Waals surface area contributed by atoms with Crippen molar-refractivity contribution in [3.63, 3.8) is 0 Å². The highest BCUT2D eigenvalue weighted by Crippen LogP contribution is 2.02. The van der Waals surface area contributed by atoms with Crippen molar-refractivity contribution in [1.82, 2.24) is 5.32 Å². The van der Waals surface area contributed by atoms with E-state index in [-0.39, 0.29) is 5.97 Å². The maximum atomic E-state index is 11.3. The summed E-state index contributed by atoms with van der Waals surface area (Å²) in [5.41, 5.74) is 2.51. The van der Waals surface area contributed by atoms with Gasteiger partial charge in [0, 0.05) is 19.5 Å². The molecule has 1 aromatic rings. The third-order valence-electron chi connectivity index (χ3n) is 2.57. The van der Waals surface area contributed by atoms with Gasteiger partial charge in [-0.3, -0.25) is 4.79 Å². The first-order chi connectivity index (χ1) is 8.58. The minimum atomic E-state index is -0.109. The number of esters is 1. The van der Waals surface area contributed by atoms with Gasteiger partial charge in [-0.1, -0.05) is 43.7 Å².